The molecule has 1 fully saturated rings. The van der Waals surface area contributed by atoms with Gasteiger partial charge in [0.05, 0.1) is 6.61 Å². The summed E-state index contributed by atoms with van der Waals surface area (Å²) in [5.74, 6) is -1.91. The van der Waals surface area contributed by atoms with Crippen molar-refractivity contribution >= 4 is 18.0 Å². The molecule has 1 heterocycles. The number of benzene rings is 2. The molecule has 2 aliphatic rings. The number of alkyl carbamates (subject to hydrolysis) is 1. The van der Waals surface area contributed by atoms with Gasteiger partial charge in [-0.05, 0) is 28.2 Å². The van der Waals surface area contributed by atoms with E-state index in [2.05, 4.69) is 17.4 Å². The van der Waals surface area contributed by atoms with Crippen LogP contribution in [0.25, 0.3) is 11.1 Å². The molecule has 8 nitrogen and oxygen atoms in total. The maximum Gasteiger partial charge on any atom is 0.407 e. The first-order valence-corrected chi connectivity index (χ1v) is 12.0. The molecule has 186 valence electrons. The predicted molar refractivity (Wildman–Crippen MR) is 130 cm³/mol. The highest BCUT2D eigenvalue weighted by Gasteiger charge is 2.50. The summed E-state index contributed by atoms with van der Waals surface area (Å²) >= 11 is 0. The third-order valence-corrected chi connectivity index (χ3v) is 7.47. The summed E-state index contributed by atoms with van der Waals surface area (Å²) in [4.78, 5) is 39.5. The summed E-state index contributed by atoms with van der Waals surface area (Å²) in [5, 5.41) is 12.5. The van der Waals surface area contributed by atoms with Gasteiger partial charge in [0.25, 0.3) is 0 Å². The van der Waals surface area contributed by atoms with Crippen molar-refractivity contribution in [1.29, 1.82) is 0 Å². The molecule has 3 atom stereocenters. The van der Waals surface area contributed by atoms with E-state index in [1.54, 1.807) is 0 Å². The number of amides is 2. The summed E-state index contributed by atoms with van der Waals surface area (Å²) in [5.41, 5.74) is 3.01. The molecule has 1 saturated heterocycles. The van der Waals surface area contributed by atoms with Gasteiger partial charge >= 0.3 is 12.1 Å². The molecule has 8 heteroatoms. The second-order valence-corrected chi connectivity index (χ2v) is 9.37. The summed E-state index contributed by atoms with van der Waals surface area (Å²) < 4.78 is 10.9. The maximum atomic E-state index is 13.4. The topological polar surface area (TPSA) is 105 Å². The zero-order chi connectivity index (χ0) is 25.2. The third kappa shape index (κ3) is 4.50. The Balaban J connectivity index is 1.47. The molecule has 0 saturated carbocycles. The molecular formula is C27H32N2O6. The predicted octanol–water partition coefficient (Wildman–Crippen LogP) is 3.64. The number of likely N-dealkylation sites (N-methyl/N-ethyl adjacent to an activating group) is 1. The fourth-order valence-electron chi connectivity index (χ4n) is 5.00. The van der Waals surface area contributed by atoms with Crippen LogP contribution in [0.1, 0.15) is 43.7 Å². The zero-order valence-corrected chi connectivity index (χ0v) is 20.3. The first-order chi connectivity index (χ1) is 16.8. The Labute approximate surface area is 205 Å². The standard InChI is InChI=1S/C27H32N2O6/c1-4-17(2)23(24(30)29(3)27(25(31)32)13-14-34-16-27)28-26(33)35-15-22-20-11-7-5-9-18(20)19-10-6-8-12-21(19)22/h5-12,17,22-23H,4,13-16H2,1-3H3,(H,28,33)(H,31,32)/t17?,23-,27?/m0/s1. The smallest absolute Gasteiger partial charge is 0.407 e. The lowest BCUT2D eigenvalue weighted by atomic mass is 9.92. The van der Waals surface area contributed by atoms with E-state index in [4.69, 9.17) is 9.47 Å². The van der Waals surface area contributed by atoms with Crippen molar-refractivity contribution in [3.05, 3.63) is 59.7 Å². The van der Waals surface area contributed by atoms with Crippen molar-refractivity contribution in [3.63, 3.8) is 0 Å². The van der Waals surface area contributed by atoms with Crippen molar-refractivity contribution < 1.29 is 29.0 Å². The Morgan fingerprint density at radius 1 is 1.14 bits per heavy atom. The highest BCUT2D eigenvalue weighted by atomic mass is 16.5. The second kappa shape index (κ2) is 10.1. The van der Waals surface area contributed by atoms with Gasteiger partial charge in [0.15, 0.2) is 5.54 Å². The lowest BCUT2D eigenvalue weighted by Gasteiger charge is -2.37. The van der Waals surface area contributed by atoms with Crippen LogP contribution >= 0.6 is 0 Å². The lowest BCUT2D eigenvalue weighted by Crippen LogP contribution is -2.61. The summed E-state index contributed by atoms with van der Waals surface area (Å²) in [6, 6.07) is 15.2. The molecule has 4 rings (SSSR count). The van der Waals surface area contributed by atoms with Gasteiger partial charge in [-0.25, -0.2) is 9.59 Å². The number of hydrogen-bond donors (Lipinski definition) is 2. The number of carboxylic acids is 1. The van der Waals surface area contributed by atoms with Crippen LogP contribution in [0.15, 0.2) is 48.5 Å². The number of hydrogen-bond acceptors (Lipinski definition) is 5. The lowest BCUT2D eigenvalue weighted by molar-refractivity contribution is -0.159. The number of fused-ring (bicyclic) bond motifs is 3. The van der Waals surface area contributed by atoms with Gasteiger partial charge in [-0.3, -0.25) is 4.79 Å². The van der Waals surface area contributed by atoms with Crippen molar-refractivity contribution in [2.24, 2.45) is 5.92 Å². The molecule has 2 unspecified atom stereocenters. The number of ether oxygens (including phenoxy) is 2. The molecule has 1 aliphatic heterocycles. The fourth-order valence-corrected chi connectivity index (χ4v) is 5.00. The van der Waals surface area contributed by atoms with E-state index < -0.39 is 29.6 Å². The molecule has 2 amide bonds. The van der Waals surface area contributed by atoms with E-state index in [-0.39, 0.29) is 38.1 Å². The first-order valence-electron chi connectivity index (χ1n) is 12.0. The van der Waals surface area contributed by atoms with Crippen LogP contribution in [0.2, 0.25) is 0 Å². The van der Waals surface area contributed by atoms with Gasteiger partial charge in [-0.15, -0.1) is 0 Å². The zero-order valence-electron chi connectivity index (χ0n) is 20.3. The largest absolute Gasteiger partial charge is 0.479 e. The van der Waals surface area contributed by atoms with Crippen LogP contribution in [0.5, 0.6) is 0 Å². The molecule has 35 heavy (non-hydrogen) atoms. The minimum atomic E-state index is -1.44. The number of aliphatic carboxylic acids is 1. The Bertz CT molecular complexity index is 1060. The molecule has 0 aromatic heterocycles. The average molecular weight is 481 g/mol. The maximum absolute atomic E-state index is 13.4. The van der Waals surface area contributed by atoms with E-state index in [9.17, 15) is 19.5 Å². The number of carbonyl (C=O) groups is 3. The molecule has 1 aliphatic carbocycles. The molecule has 2 aromatic carbocycles. The number of carbonyl (C=O) groups excluding carboxylic acids is 2. The monoisotopic (exact) mass is 480 g/mol. The molecule has 0 radical (unpaired) electrons. The van der Waals surface area contributed by atoms with Gasteiger partial charge in [-0.2, -0.15) is 0 Å². The van der Waals surface area contributed by atoms with Gasteiger partial charge < -0.3 is 24.8 Å². The van der Waals surface area contributed by atoms with Gasteiger partial charge in [0.1, 0.15) is 12.6 Å². The Hall–Kier alpha value is -3.39. The Kier molecular flexibility index (Phi) is 7.12. The van der Waals surface area contributed by atoms with E-state index in [0.29, 0.717) is 6.42 Å². The second-order valence-electron chi connectivity index (χ2n) is 9.37. The van der Waals surface area contributed by atoms with Crippen LogP contribution in [-0.4, -0.2) is 66.4 Å². The van der Waals surface area contributed by atoms with E-state index in [1.165, 1.54) is 11.9 Å². The molecule has 0 spiro atoms. The quantitative estimate of drug-likeness (QED) is 0.598. The van der Waals surface area contributed by atoms with Crippen molar-refractivity contribution in [3.8, 4) is 11.1 Å². The molecule has 0 bridgehead atoms. The van der Waals surface area contributed by atoms with Crippen LogP contribution < -0.4 is 5.32 Å². The highest BCUT2D eigenvalue weighted by Crippen LogP contribution is 2.44. The van der Waals surface area contributed by atoms with Crippen molar-refractivity contribution in [1.82, 2.24) is 10.2 Å². The van der Waals surface area contributed by atoms with Crippen LogP contribution in [-0.2, 0) is 19.1 Å². The number of nitrogens with one attached hydrogen (secondary N) is 1. The van der Waals surface area contributed by atoms with Crippen molar-refractivity contribution in [2.45, 2.75) is 44.2 Å². The highest BCUT2D eigenvalue weighted by molar-refractivity contribution is 5.91. The Morgan fingerprint density at radius 2 is 1.74 bits per heavy atom. The normalized spacial score (nSPS) is 20.4. The molecule has 2 N–H and O–H groups in total. The summed E-state index contributed by atoms with van der Waals surface area (Å²) in [7, 11) is 1.46. The van der Waals surface area contributed by atoms with Gasteiger partial charge in [0.2, 0.25) is 5.91 Å². The SMILES string of the molecule is CCC(C)[C@H](NC(=O)OCC1c2ccccc2-c2ccccc21)C(=O)N(C)C1(C(=O)O)CCOC1. The molecular weight excluding hydrogens is 448 g/mol. The Morgan fingerprint density at radius 3 is 2.26 bits per heavy atom. The minimum Gasteiger partial charge on any atom is -0.479 e. The number of nitrogens with zero attached hydrogens (tertiary/aromatic N) is 1. The molecule has 2 aromatic rings. The number of carboxylic acid groups (broad SMARTS) is 1. The average Bonchev–Trinajstić information content (AvgIpc) is 3.49. The third-order valence-electron chi connectivity index (χ3n) is 7.47. The summed E-state index contributed by atoms with van der Waals surface area (Å²) in [6.45, 7) is 4.07. The first kappa shape index (κ1) is 24.7. The van der Waals surface area contributed by atoms with Gasteiger partial charge in [-0.1, -0.05) is 68.8 Å². The van der Waals surface area contributed by atoms with Crippen LogP contribution in [0.3, 0.4) is 0 Å². The van der Waals surface area contributed by atoms with Gasteiger partial charge in [0, 0.05) is 26.0 Å². The van der Waals surface area contributed by atoms with E-state index in [1.807, 2.05) is 50.2 Å². The summed E-state index contributed by atoms with van der Waals surface area (Å²) in [6.07, 6.45) is 0.110. The fraction of sp³-hybridized carbons (Fsp3) is 0.444. The van der Waals surface area contributed by atoms with E-state index >= 15 is 0 Å². The van der Waals surface area contributed by atoms with Crippen LogP contribution in [0.4, 0.5) is 4.79 Å². The minimum absolute atomic E-state index is 0.0806. The van der Waals surface area contributed by atoms with Crippen LogP contribution in [0, 0.1) is 5.92 Å². The van der Waals surface area contributed by atoms with E-state index in [0.717, 1.165) is 22.3 Å². The van der Waals surface area contributed by atoms with Crippen molar-refractivity contribution in [2.75, 3.05) is 26.9 Å². The number of rotatable bonds is 8.